The van der Waals surface area contributed by atoms with Gasteiger partial charge in [0.25, 0.3) is 0 Å². The molecule has 0 aromatic carbocycles. The largest absolute Gasteiger partial charge is 2.00 e. The first-order valence-electron chi connectivity index (χ1n) is 2.23. The molecule has 0 unspecified atom stereocenters. The van der Waals surface area contributed by atoms with Crippen LogP contribution in [0.25, 0.3) is 0 Å². The van der Waals surface area contributed by atoms with Crippen molar-refractivity contribution >= 4 is 34.8 Å². The molecule has 4 heteroatoms. The predicted octanol–water partition coefficient (Wildman–Crippen LogP) is -0.242. The van der Waals surface area contributed by atoms with Crippen molar-refractivity contribution in [2.75, 3.05) is 7.11 Å². The summed E-state index contributed by atoms with van der Waals surface area (Å²) >= 11 is 0. The van der Waals surface area contributed by atoms with Crippen LogP contribution in [0.5, 0.6) is 0 Å². The summed E-state index contributed by atoms with van der Waals surface area (Å²) in [6, 6.07) is 0. The Morgan fingerprint density at radius 1 is 1.44 bits per heavy atom. The third kappa shape index (κ3) is 7.91. The summed E-state index contributed by atoms with van der Waals surface area (Å²) < 4.78 is 4.20. The molecule has 0 aliphatic rings. The van der Waals surface area contributed by atoms with E-state index in [0.717, 1.165) is 0 Å². The minimum atomic E-state index is -0.475. The number of esters is 1. The summed E-state index contributed by atoms with van der Waals surface area (Å²) in [5.41, 5.74) is 0. The molecular weight excluding hydrogens is 132 g/mol. The topological polar surface area (TPSA) is 43.4 Å². The van der Waals surface area contributed by atoms with Gasteiger partial charge < -0.3 is 4.74 Å². The van der Waals surface area contributed by atoms with Gasteiger partial charge in [-0.3, -0.25) is 9.59 Å². The van der Waals surface area contributed by atoms with Gasteiger partial charge in [0.05, 0.1) is 7.11 Å². The zero-order chi connectivity index (χ0) is 6.57. The van der Waals surface area contributed by atoms with Gasteiger partial charge in [-0.1, -0.05) is 0 Å². The van der Waals surface area contributed by atoms with Crippen molar-refractivity contribution in [1.82, 2.24) is 0 Å². The van der Waals surface area contributed by atoms with Crippen LogP contribution in [0.4, 0.5) is 0 Å². The molecule has 0 heterocycles. The molecule has 0 aliphatic carbocycles. The Balaban J connectivity index is 0. The third-order valence-electron chi connectivity index (χ3n) is 0.621. The van der Waals surface area contributed by atoms with Crippen molar-refractivity contribution in [3.63, 3.8) is 0 Å². The molecule has 9 heavy (non-hydrogen) atoms. The van der Waals surface area contributed by atoms with Crippen LogP contribution in [-0.2, 0) is 14.3 Å². The van der Waals surface area contributed by atoms with E-state index in [1.807, 2.05) is 0 Å². The molecule has 0 aromatic heterocycles. The Labute approximate surface area is 69.9 Å². The second-order valence-corrected chi connectivity index (χ2v) is 1.45. The predicted molar refractivity (Wildman–Crippen MR) is 33.1 cm³/mol. The number of hydrogen-bond acceptors (Lipinski definition) is 3. The quantitative estimate of drug-likeness (QED) is 0.302. The summed E-state index contributed by atoms with van der Waals surface area (Å²) in [6.45, 7) is 1.34. The van der Waals surface area contributed by atoms with E-state index in [2.05, 4.69) is 4.74 Å². The fraction of sp³-hybridized carbons (Fsp3) is 0.600. The molecule has 0 atom stereocenters. The van der Waals surface area contributed by atoms with Crippen LogP contribution in [0.2, 0.25) is 0 Å². The first kappa shape index (κ1) is 11.7. The van der Waals surface area contributed by atoms with Gasteiger partial charge in [0.1, 0.15) is 12.2 Å². The van der Waals surface area contributed by atoms with E-state index in [1.165, 1.54) is 14.0 Å². The van der Waals surface area contributed by atoms with E-state index in [-0.39, 0.29) is 35.3 Å². The second-order valence-electron chi connectivity index (χ2n) is 1.45. The average Bonchev–Trinajstić information content (AvgIpc) is 1.65. The van der Waals surface area contributed by atoms with Crippen molar-refractivity contribution < 1.29 is 14.3 Å². The molecule has 0 saturated carbocycles. The minimum absolute atomic E-state index is 0. The number of hydrogen-bond donors (Lipinski definition) is 0. The van der Waals surface area contributed by atoms with Crippen molar-refractivity contribution in [2.24, 2.45) is 0 Å². The standard InChI is InChI=1S/C5H8O3.Mg/c1-4(6)3-5(7)8-2;/h3H2,1-2H3;/q;+2. The van der Waals surface area contributed by atoms with Gasteiger partial charge in [-0.2, -0.15) is 0 Å². The van der Waals surface area contributed by atoms with E-state index in [4.69, 9.17) is 0 Å². The molecule has 0 bridgehead atoms. The number of ether oxygens (including phenoxy) is 1. The Bertz CT molecular complexity index is 111. The van der Waals surface area contributed by atoms with Crippen molar-refractivity contribution in [3.05, 3.63) is 0 Å². The monoisotopic (exact) mass is 140 g/mol. The molecule has 0 aliphatic heterocycles. The first-order valence-corrected chi connectivity index (χ1v) is 2.23. The van der Waals surface area contributed by atoms with Crippen molar-refractivity contribution in [3.8, 4) is 0 Å². The molecule has 0 amide bonds. The van der Waals surface area contributed by atoms with Crippen molar-refractivity contribution in [2.45, 2.75) is 13.3 Å². The maximum absolute atomic E-state index is 10.2. The zero-order valence-corrected chi connectivity index (χ0v) is 7.05. The number of carbonyl (C=O) groups is 2. The summed E-state index contributed by atoms with van der Waals surface area (Å²) in [7, 11) is 1.26. The van der Waals surface area contributed by atoms with E-state index < -0.39 is 5.97 Å². The van der Waals surface area contributed by atoms with Crippen LogP contribution in [0.1, 0.15) is 13.3 Å². The number of rotatable bonds is 2. The average molecular weight is 140 g/mol. The summed E-state index contributed by atoms with van der Waals surface area (Å²) in [5, 5.41) is 0. The molecule has 0 N–H and O–H groups in total. The molecule has 0 rings (SSSR count). The molecular formula is C5H8MgO3+2. The normalized spacial score (nSPS) is 7.33. The van der Waals surface area contributed by atoms with Crippen LogP contribution in [0.3, 0.4) is 0 Å². The summed E-state index contributed by atoms with van der Waals surface area (Å²) in [4.78, 5) is 20.3. The molecule has 0 radical (unpaired) electrons. The van der Waals surface area contributed by atoms with Crippen LogP contribution >= 0.6 is 0 Å². The second kappa shape index (κ2) is 6.03. The Morgan fingerprint density at radius 2 is 1.89 bits per heavy atom. The maximum Gasteiger partial charge on any atom is 2.00 e. The molecule has 0 fully saturated rings. The van der Waals surface area contributed by atoms with Gasteiger partial charge in [0.2, 0.25) is 0 Å². The number of carbonyl (C=O) groups excluding carboxylic acids is 2. The molecule has 46 valence electrons. The first-order chi connectivity index (χ1) is 3.66. The third-order valence-corrected chi connectivity index (χ3v) is 0.621. The van der Waals surface area contributed by atoms with E-state index >= 15 is 0 Å². The summed E-state index contributed by atoms with van der Waals surface area (Å²) in [5.74, 6) is -0.644. The summed E-state index contributed by atoms with van der Waals surface area (Å²) in [6.07, 6.45) is -0.115. The number of ketones is 1. The van der Waals surface area contributed by atoms with Crippen LogP contribution < -0.4 is 0 Å². The van der Waals surface area contributed by atoms with E-state index in [9.17, 15) is 9.59 Å². The van der Waals surface area contributed by atoms with Gasteiger partial charge in [-0.05, 0) is 6.92 Å². The molecule has 3 nitrogen and oxygen atoms in total. The maximum atomic E-state index is 10.2. The van der Waals surface area contributed by atoms with Crippen LogP contribution in [-0.4, -0.2) is 41.9 Å². The zero-order valence-electron chi connectivity index (χ0n) is 5.64. The van der Waals surface area contributed by atoms with Gasteiger partial charge >= 0.3 is 29.0 Å². The molecule has 0 saturated heterocycles. The fourth-order valence-corrected chi connectivity index (χ4v) is 0.275. The Hall–Kier alpha value is -0.0938. The van der Waals surface area contributed by atoms with Crippen LogP contribution in [0, 0.1) is 0 Å². The van der Waals surface area contributed by atoms with Gasteiger partial charge in [-0.25, -0.2) is 0 Å². The fourth-order valence-electron chi connectivity index (χ4n) is 0.275. The molecule has 0 spiro atoms. The Kier molecular flexibility index (Phi) is 7.82. The smallest absolute Gasteiger partial charge is 0.469 e. The van der Waals surface area contributed by atoms with Gasteiger partial charge in [0.15, 0.2) is 0 Å². The number of Topliss-reactive ketones (excluding diaryl/α,β-unsaturated/α-hetero) is 1. The Morgan fingerprint density at radius 3 is 2.00 bits per heavy atom. The SMILES string of the molecule is COC(=O)CC(C)=O.[Mg+2]. The van der Waals surface area contributed by atoms with Crippen molar-refractivity contribution in [1.29, 1.82) is 0 Å². The minimum Gasteiger partial charge on any atom is -0.469 e. The van der Waals surface area contributed by atoms with E-state index in [1.54, 1.807) is 0 Å². The van der Waals surface area contributed by atoms with Gasteiger partial charge in [-0.15, -0.1) is 0 Å². The number of methoxy groups -OCH3 is 1. The van der Waals surface area contributed by atoms with Crippen LogP contribution in [0.15, 0.2) is 0 Å². The van der Waals surface area contributed by atoms with E-state index in [0.29, 0.717) is 0 Å². The van der Waals surface area contributed by atoms with Gasteiger partial charge in [0, 0.05) is 0 Å². The molecule has 0 aromatic rings.